The molecule has 0 saturated carbocycles. The maximum absolute atomic E-state index is 5.19. The highest BCUT2D eigenvalue weighted by atomic mass is 79.9. The molecule has 6 nitrogen and oxygen atoms in total. The van der Waals surface area contributed by atoms with Crippen molar-refractivity contribution in [1.82, 2.24) is 20.1 Å². The van der Waals surface area contributed by atoms with Crippen LogP contribution in [-0.2, 0) is 6.42 Å². The van der Waals surface area contributed by atoms with E-state index in [-0.39, 0.29) is 6.04 Å². The van der Waals surface area contributed by atoms with E-state index in [1.165, 1.54) is 0 Å². The molecule has 19 heavy (non-hydrogen) atoms. The van der Waals surface area contributed by atoms with Gasteiger partial charge in [0, 0.05) is 25.4 Å². The lowest BCUT2D eigenvalue weighted by molar-refractivity contribution is 0.373. The van der Waals surface area contributed by atoms with Crippen molar-refractivity contribution in [3.05, 3.63) is 28.6 Å². The molecular formula is C12H14BrN5O. The first-order valence-electron chi connectivity index (χ1n) is 6.34. The van der Waals surface area contributed by atoms with Crippen molar-refractivity contribution in [3.8, 4) is 0 Å². The smallest absolute Gasteiger partial charge is 0.226 e. The van der Waals surface area contributed by atoms with E-state index in [1.54, 1.807) is 12.4 Å². The second kappa shape index (κ2) is 5.24. The van der Waals surface area contributed by atoms with Crippen LogP contribution in [0.25, 0.3) is 0 Å². The second-order valence-corrected chi connectivity index (χ2v) is 5.37. The third kappa shape index (κ3) is 2.47. The van der Waals surface area contributed by atoms with Gasteiger partial charge in [0.2, 0.25) is 11.8 Å². The third-order valence-electron chi connectivity index (χ3n) is 3.20. The maximum atomic E-state index is 5.19. The van der Waals surface area contributed by atoms with Crippen molar-refractivity contribution in [3.63, 3.8) is 0 Å². The van der Waals surface area contributed by atoms with Gasteiger partial charge in [0.15, 0.2) is 5.82 Å². The van der Waals surface area contributed by atoms with E-state index in [4.69, 9.17) is 4.52 Å². The fourth-order valence-electron chi connectivity index (χ4n) is 2.28. The van der Waals surface area contributed by atoms with Crippen molar-refractivity contribution >= 4 is 21.9 Å². The number of nitrogens with zero attached hydrogens (tertiary/aromatic N) is 5. The summed E-state index contributed by atoms with van der Waals surface area (Å²) in [5.74, 6) is 2.13. The van der Waals surface area contributed by atoms with E-state index in [0.717, 1.165) is 36.1 Å². The van der Waals surface area contributed by atoms with Crippen molar-refractivity contribution in [2.24, 2.45) is 0 Å². The van der Waals surface area contributed by atoms with E-state index < -0.39 is 0 Å². The van der Waals surface area contributed by atoms with Crippen LogP contribution in [0, 0.1) is 0 Å². The molecule has 3 rings (SSSR count). The Morgan fingerprint density at radius 2 is 2.21 bits per heavy atom. The molecule has 0 bridgehead atoms. The molecule has 7 heteroatoms. The van der Waals surface area contributed by atoms with Gasteiger partial charge in [0.05, 0.1) is 10.5 Å². The second-order valence-electron chi connectivity index (χ2n) is 4.45. The van der Waals surface area contributed by atoms with Crippen LogP contribution >= 0.6 is 15.9 Å². The van der Waals surface area contributed by atoms with Crippen LogP contribution in [0.3, 0.4) is 0 Å². The molecule has 2 aromatic rings. The first-order valence-corrected chi connectivity index (χ1v) is 7.14. The number of aromatic nitrogens is 4. The summed E-state index contributed by atoms with van der Waals surface area (Å²) in [6.45, 7) is 2.92. The van der Waals surface area contributed by atoms with Gasteiger partial charge in [0.1, 0.15) is 0 Å². The van der Waals surface area contributed by atoms with Crippen LogP contribution in [0.15, 0.2) is 21.4 Å². The summed E-state index contributed by atoms with van der Waals surface area (Å²) >= 11 is 3.34. The molecule has 0 unspecified atom stereocenters. The Balaban J connectivity index is 1.86. The van der Waals surface area contributed by atoms with Gasteiger partial charge in [-0.15, -0.1) is 0 Å². The Bertz CT molecular complexity index is 556. The topological polar surface area (TPSA) is 67.9 Å². The van der Waals surface area contributed by atoms with Gasteiger partial charge in [-0.25, -0.2) is 9.97 Å². The highest BCUT2D eigenvalue weighted by molar-refractivity contribution is 9.10. The van der Waals surface area contributed by atoms with Gasteiger partial charge in [-0.1, -0.05) is 12.1 Å². The molecule has 3 heterocycles. The molecule has 0 amide bonds. The summed E-state index contributed by atoms with van der Waals surface area (Å²) in [7, 11) is 0. The van der Waals surface area contributed by atoms with Crippen LogP contribution in [0.1, 0.15) is 37.5 Å². The molecule has 100 valence electrons. The normalized spacial score (nSPS) is 19.1. The molecule has 0 aliphatic carbocycles. The zero-order valence-corrected chi connectivity index (χ0v) is 12.2. The quantitative estimate of drug-likeness (QED) is 0.864. The summed E-state index contributed by atoms with van der Waals surface area (Å²) in [5, 5.41) is 4.07. The van der Waals surface area contributed by atoms with Crippen LogP contribution in [0.5, 0.6) is 0 Å². The van der Waals surface area contributed by atoms with Crippen LogP contribution in [0.2, 0.25) is 0 Å². The van der Waals surface area contributed by atoms with E-state index in [2.05, 4.69) is 40.9 Å². The van der Waals surface area contributed by atoms with Crippen molar-refractivity contribution in [1.29, 1.82) is 0 Å². The Labute approximate surface area is 119 Å². The molecular weight excluding hydrogens is 310 g/mol. The van der Waals surface area contributed by atoms with Crippen molar-refractivity contribution in [2.75, 3.05) is 11.4 Å². The van der Waals surface area contributed by atoms with E-state index in [0.29, 0.717) is 11.8 Å². The molecule has 1 fully saturated rings. The molecule has 1 aliphatic rings. The van der Waals surface area contributed by atoms with Crippen LogP contribution in [0.4, 0.5) is 5.95 Å². The first-order chi connectivity index (χ1) is 9.28. The SMILES string of the molecule is CCc1nc([C@H]2CCCN2c2ncc(Br)cn2)no1. The first kappa shape index (κ1) is 12.5. The van der Waals surface area contributed by atoms with Gasteiger partial charge in [-0.2, -0.15) is 4.98 Å². The van der Waals surface area contributed by atoms with Crippen LogP contribution < -0.4 is 4.90 Å². The lowest BCUT2D eigenvalue weighted by Crippen LogP contribution is -2.25. The Morgan fingerprint density at radius 3 is 2.89 bits per heavy atom. The predicted molar refractivity (Wildman–Crippen MR) is 72.7 cm³/mol. The minimum absolute atomic E-state index is 0.116. The monoisotopic (exact) mass is 323 g/mol. The fraction of sp³-hybridized carbons (Fsp3) is 0.500. The number of hydrogen-bond donors (Lipinski definition) is 0. The Hall–Kier alpha value is -1.50. The molecule has 0 radical (unpaired) electrons. The van der Waals surface area contributed by atoms with Crippen LogP contribution in [-0.4, -0.2) is 26.7 Å². The summed E-state index contributed by atoms with van der Waals surface area (Å²) in [5.41, 5.74) is 0. The minimum atomic E-state index is 0.116. The number of hydrogen-bond acceptors (Lipinski definition) is 6. The number of anilines is 1. The van der Waals surface area contributed by atoms with Crippen molar-refractivity contribution < 1.29 is 4.52 Å². The number of rotatable bonds is 3. The zero-order valence-electron chi connectivity index (χ0n) is 10.6. The largest absolute Gasteiger partial charge is 0.339 e. The molecule has 2 aromatic heterocycles. The molecule has 1 saturated heterocycles. The van der Waals surface area contributed by atoms with Gasteiger partial charge < -0.3 is 9.42 Å². The Kier molecular flexibility index (Phi) is 3.46. The minimum Gasteiger partial charge on any atom is -0.339 e. The highest BCUT2D eigenvalue weighted by Gasteiger charge is 2.31. The van der Waals surface area contributed by atoms with Gasteiger partial charge >= 0.3 is 0 Å². The molecule has 1 atom stereocenters. The summed E-state index contributed by atoms with van der Waals surface area (Å²) in [6.07, 6.45) is 6.35. The summed E-state index contributed by atoms with van der Waals surface area (Å²) in [6, 6.07) is 0.116. The standard InChI is InChI=1S/C12H14BrN5O/c1-2-10-16-11(17-19-10)9-4-3-5-18(9)12-14-6-8(13)7-15-12/h6-7,9H,2-5H2,1H3/t9-/m1/s1. The average molecular weight is 324 g/mol. The van der Waals surface area contributed by atoms with Gasteiger partial charge in [0.25, 0.3) is 0 Å². The maximum Gasteiger partial charge on any atom is 0.226 e. The summed E-state index contributed by atoms with van der Waals surface area (Å²) in [4.78, 5) is 15.2. The molecule has 1 aliphatic heterocycles. The predicted octanol–water partition coefficient (Wildman–Crippen LogP) is 2.53. The fourth-order valence-corrected chi connectivity index (χ4v) is 2.48. The number of halogens is 1. The lowest BCUT2D eigenvalue weighted by atomic mass is 10.2. The highest BCUT2D eigenvalue weighted by Crippen LogP contribution is 2.32. The Morgan fingerprint density at radius 1 is 1.42 bits per heavy atom. The van der Waals surface area contributed by atoms with E-state index >= 15 is 0 Å². The van der Waals surface area contributed by atoms with Gasteiger partial charge in [-0.3, -0.25) is 0 Å². The zero-order chi connectivity index (χ0) is 13.2. The van der Waals surface area contributed by atoms with E-state index in [1.807, 2.05) is 6.92 Å². The van der Waals surface area contributed by atoms with Crippen molar-refractivity contribution in [2.45, 2.75) is 32.2 Å². The number of aryl methyl sites for hydroxylation is 1. The lowest BCUT2D eigenvalue weighted by Gasteiger charge is -2.21. The third-order valence-corrected chi connectivity index (χ3v) is 3.61. The molecule has 0 aromatic carbocycles. The average Bonchev–Trinajstić information content (AvgIpc) is 3.07. The van der Waals surface area contributed by atoms with Gasteiger partial charge in [-0.05, 0) is 28.8 Å². The molecule has 0 N–H and O–H groups in total. The van der Waals surface area contributed by atoms with E-state index in [9.17, 15) is 0 Å². The molecule has 0 spiro atoms. The summed E-state index contributed by atoms with van der Waals surface area (Å²) < 4.78 is 6.07.